The van der Waals surface area contributed by atoms with Gasteiger partial charge in [0.15, 0.2) is 6.29 Å². The molecule has 1 aliphatic rings. The summed E-state index contributed by atoms with van der Waals surface area (Å²) >= 11 is 0. The predicted molar refractivity (Wildman–Crippen MR) is 215 cm³/mol. The minimum absolute atomic E-state index is 0.166. The number of unbranched alkanes of at least 4 members (excludes halogenated alkanes) is 19. The molecule has 1 amide bonds. The minimum Gasteiger partial charge on any atom is -0.394 e. The van der Waals surface area contributed by atoms with Crippen molar-refractivity contribution in [2.75, 3.05) is 13.2 Å². The van der Waals surface area contributed by atoms with E-state index in [1.165, 1.54) is 109 Å². The summed E-state index contributed by atoms with van der Waals surface area (Å²) in [7, 11) is 0. The van der Waals surface area contributed by atoms with E-state index in [9.17, 15) is 40.5 Å². The van der Waals surface area contributed by atoms with Gasteiger partial charge in [-0.2, -0.15) is 0 Å². The summed E-state index contributed by atoms with van der Waals surface area (Å²) in [6, 6.07) is -1.05. The molecule has 0 saturated carbocycles. The first-order chi connectivity index (χ1) is 26.1. The molecule has 0 aliphatic carbocycles. The summed E-state index contributed by atoms with van der Waals surface area (Å²) < 4.78 is 11.1. The van der Waals surface area contributed by atoms with Gasteiger partial charge in [0.2, 0.25) is 5.91 Å². The Morgan fingerprint density at radius 2 is 1.17 bits per heavy atom. The van der Waals surface area contributed by atoms with Gasteiger partial charge in [0, 0.05) is 0 Å². The maximum atomic E-state index is 13.0. The number of hydrogen-bond donors (Lipinski definition) is 8. The first-order valence-corrected chi connectivity index (χ1v) is 22.0. The molecule has 0 unspecified atom stereocenters. The lowest BCUT2D eigenvalue weighted by Gasteiger charge is -2.40. The highest BCUT2D eigenvalue weighted by molar-refractivity contribution is 5.80. The number of aliphatic hydroxyl groups excluding tert-OH is 7. The van der Waals surface area contributed by atoms with Crippen LogP contribution in [0.25, 0.3) is 0 Å². The van der Waals surface area contributed by atoms with Gasteiger partial charge < -0.3 is 50.5 Å². The molecule has 1 heterocycles. The average Bonchev–Trinajstić information content (AvgIpc) is 3.17. The van der Waals surface area contributed by atoms with Gasteiger partial charge in [-0.3, -0.25) is 4.79 Å². The van der Waals surface area contributed by atoms with Crippen molar-refractivity contribution < 1.29 is 50.0 Å². The largest absolute Gasteiger partial charge is 0.394 e. The molecular weight excluding hydrogens is 690 g/mol. The van der Waals surface area contributed by atoms with Crippen molar-refractivity contribution >= 4 is 5.91 Å². The van der Waals surface area contributed by atoms with E-state index in [0.717, 1.165) is 32.1 Å². The van der Waals surface area contributed by atoms with Crippen molar-refractivity contribution in [3.05, 3.63) is 12.2 Å². The molecule has 0 radical (unpaired) electrons. The third kappa shape index (κ3) is 23.2. The fourth-order valence-corrected chi connectivity index (χ4v) is 7.11. The molecule has 1 fully saturated rings. The zero-order valence-corrected chi connectivity index (χ0v) is 34.4. The van der Waals surface area contributed by atoms with Crippen molar-refractivity contribution in [3.8, 4) is 0 Å². The maximum Gasteiger partial charge on any atom is 0.249 e. The van der Waals surface area contributed by atoms with E-state index in [0.29, 0.717) is 19.3 Å². The SMILES string of the molecule is CCCCCCCCCCCCCCCC[C@@H](O)C(=O)N[C@@H](CO[C@@H]1O[C@H](CO)[C@@H](O)[C@H](O)[C@H]1O)[C@H](O)/C=C/CC[C@H](O)[C@H](C)CCCCCCCCC. The maximum absolute atomic E-state index is 13.0. The number of carbonyl (C=O) groups is 1. The predicted octanol–water partition coefficient (Wildman–Crippen LogP) is 6.36. The van der Waals surface area contributed by atoms with Gasteiger partial charge in [-0.1, -0.05) is 168 Å². The van der Waals surface area contributed by atoms with E-state index in [1.807, 2.05) is 0 Å². The van der Waals surface area contributed by atoms with E-state index in [2.05, 4.69) is 26.1 Å². The molecule has 0 aromatic heterocycles. The molecule has 1 rings (SSSR count). The van der Waals surface area contributed by atoms with E-state index in [1.54, 1.807) is 6.08 Å². The minimum atomic E-state index is -1.64. The number of amides is 1. The zero-order valence-electron chi connectivity index (χ0n) is 34.4. The summed E-state index contributed by atoms with van der Waals surface area (Å²) in [4.78, 5) is 13.0. The Morgan fingerprint density at radius 1 is 0.685 bits per heavy atom. The van der Waals surface area contributed by atoms with Crippen LogP contribution < -0.4 is 5.32 Å². The van der Waals surface area contributed by atoms with Crippen LogP contribution >= 0.6 is 0 Å². The Morgan fingerprint density at radius 3 is 1.67 bits per heavy atom. The summed E-state index contributed by atoms with van der Waals surface area (Å²) in [6.07, 6.45) is 20.6. The van der Waals surface area contributed by atoms with E-state index < -0.39 is 67.6 Å². The number of carbonyl (C=O) groups excluding carboxylic acids is 1. The molecule has 0 spiro atoms. The van der Waals surface area contributed by atoms with Gasteiger partial charge in [0.25, 0.3) is 0 Å². The molecule has 54 heavy (non-hydrogen) atoms. The van der Waals surface area contributed by atoms with Crippen molar-refractivity contribution in [2.24, 2.45) is 5.92 Å². The Labute approximate surface area is 328 Å². The number of ether oxygens (including phenoxy) is 2. The number of aliphatic hydroxyl groups is 7. The lowest BCUT2D eigenvalue weighted by molar-refractivity contribution is -0.302. The third-order valence-corrected chi connectivity index (χ3v) is 11.0. The fourth-order valence-electron chi connectivity index (χ4n) is 7.11. The van der Waals surface area contributed by atoms with Crippen LogP contribution in [0.15, 0.2) is 12.2 Å². The molecule has 0 aromatic rings. The standard InChI is InChI=1S/C43H83NO10/c1-4-6-8-10-12-13-14-15-16-17-18-20-22-24-30-37(48)42(52)44-34(32-53-43-41(51)40(50)39(49)38(31-45)54-43)36(47)29-26-25-28-35(46)33(3)27-23-21-19-11-9-7-5-2/h26,29,33-41,43,45-51H,4-25,27-28,30-32H2,1-3H3,(H,44,52)/b29-26+/t33-,34+,35+,36-,37-,38-,39-,40+,41-,43-/m1/s1. The van der Waals surface area contributed by atoms with Gasteiger partial charge in [0.05, 0.1) is 31.5 Å². The van der Waals surface area contributed by atoms with Crippen LogP contribution in [0.5, 0.6) is 0 Å². The van der Waals surface area contributed by atoms with Gasteiger partial charge in [-0.05, 0) is 31.6 Å². The molecule has 10 atom stereocenters. The lowest BCUT2D eigenvalue weighted by atomic mass is 9.94. The van der Waals surface area contributed by atoms with Crippen LogP contribution in [-0.4, -0.2) is 110 Å². The number of rotatable bonds is 35. The Kier molecular flexibility index (Phi) is 31.0. The van der Waals surface area contributed by atoms with Crippen LogP contribution in [0.1, 0.15) is 181 Å². The van der Waals surface area contributed by atoms with Gasteiger partial charge in [0.1, 0.15) is 30.5 Å². The first-order valence-electron chi connectivity index (χ1n) is 22.0. The third-order valence-electron chi connectivity index (χ3n) is 11.0. The number of hydrogen-bond acceptors (Lipinski definition) is 10. The summed E-state index contributed by atoms with van der Waals surface area (Å²) in [5.74, 6) is -0.492. The summed E-state index contributed by atoms with van der Waals surface area (Å²) in [5.41, 5.74) is 0. The molecule has 11 heteroatoms. The molecule has 0 bridgehead atoms. The highest BCUT2D eigenvalue weighted by Gasteiger charge is 2.44. The topological polar surface area (TPSA) is 189 Å². The first kappa shape index (κ1) is 50.9. The van der Waals surface area contributed by atoms with Gasteiger partial charge >= 0.3 is 0 Å². The van der Waals surface area contributed by atoms with Crippen LogP contribution in [-0.2, 0) is 14.3 Å². The van der Waals surface area contributed by atoms with Crippen molar-refractivity contribution in [1.82, 2.24) is 5.32 Å². The molecule has 1 saturated heterocycles. The molecule has 320 valence electrons. The second kappa shape index (κ2) is 32.9. The molecule has 8 N–H and O–H groups in total. The van der Waals surface area contributed by atoms with Crippen LogP contribution in [0.2, 0.25) is 0 Å². The summed E-state index contributed by atoms with van der Waals surface area (Å²) in [5, 5.41) is 75.3. The highest BCUT2D eigenvalue weighted by Crippen LogP contribution is 2.23. The van der Waals surface area contributed by atoms with Crippen molar-refractivity contribution in [2.45, 2.75) is 236 Å². The number of allylic oxidation sites excluding steroid dienone is 1. The normalized spacial score (nSPS) is 23.3. The van der Waals surface area contributed by atoms with E-state index in [-0.39, 0.29) is 18.9 Å². The van der Waals surface area contributed by atoms with Crippen LogP contribution in [0, 0.1) is 5.92 Å². The van der Waals surface area contributed by atoms with Gasteiger partial charge in [-0.15, -0.1) is 0 Å². The molecule has 1 aliphatic heterocycles. The van der Waals surface area contributed by atoms with Crippen molar-refractivity contribution in [1.29, 1.82) is 0 Å². The Bertz CT molecular complexity index is 907. The molecule has 0 aromatic carbocycles. The smallest absolute Gasteiger partial charge is 0.249 e. The quantitative estimate of drug-likeness (QED) is 0.0266. The highest BCUT2D eigenvalue weighted by atomic mass is 16.7. The molecular formula is C43H83NO10. The fraction of sp³-hybridized carbons (Fsp3) is 0.930. The molecule has 11 nitrogen and oxygen atoms in total. The van der Waals surface area contributed by atoms with E-state index in [4.69, 9.17) is 9.47 Å². The van der Waals surface area contributed by atoms with E-state index >= 15 is 0 Å². The average molecular weight is 774 g/mol. The van der Waals surface area contributed by atoms with Gasteiger partial charge in [-0.25, -0.2) is 0 Å². The second-order valence-electron chi connectivity index (χ2n) is 16.0. The number of nitrogens with one attached hydrogen (secondary N) is 1. The van der Waals surface area contributed by atoms with Crippen LogP contribution in [0.3, 0.4) is 0 Å². The Hall–Kier alpha value is -1.15. The zero-order chi connectivity index (χ0) is 40.0. The second-order valence-corrected chi connectivity index (χ2v) is 16.0. The van der Waals surface area contributed by atoms with Crippen LogP contribution in [0.4, 0.5) is 0 Å². The monoisotopic (exact) mass is 774 g/mol. The lowest BCUT2D eigenvalue weighted by Crippen LogP contribution is -2.60. The summed E-state index contributed by atoms with van der Waals surface area (Å²) in [6.45, 7) is 5.54. The van der Waals surface area contributed by atoms with Crippen molar-refractivity contribution in [3.63, 3.8) is 0 Å². The Balaban J connectivity index is 2.56.